The van der Waals surface area contributed by atoms with E-state index in [4.69, 9.17) is 5.73 Å². The van der Waals surface area contributed by atoms with Crippen molar-refractivity contribution in [2.75, 3.05) is 5.73 Å². The summed E-state index contributed by atoms with van der Waals surface area (Å²) in [5.74, 6) is 0.511. The summed E-state index contributed by atoms with van der Waals surface area (Å²) in [5, 5.41) is 0. The minimum Gasteiger partial charge on any atom is -0.369 e. The first-order chi connectivity index (χ1) is 9.06. The lowest BCUT2D eigenvalue weighted by Gasteiger charge is -2.09. The quantitative estimate of drug-likeness (QED) is 0.738. The lowest BCUT2D eigenvalue weighted by molar-refractivity contribution is 1.10. The topological polar surface area (TPSA) is 43.8 Å². The predicted octanol–water partition coefficient (Wildman–Crippen LogP) is 3.99. The number of rotatable bonds is 1. The van der Waals surface area contributed by atoms with Crippen molar-refractivity contribution in [2.24, 2.45) is 0 Å². The Labute approximate surface area is 120 Å². The molecule has 0 bridgehead atoms. The van der Waals surface area contributed by atoms with Gasteiger partial charge in [0.1, 0.15) is 0 Å². The standard InChI is InChI=1S/C15H14BrN3/c1-9-3-5-12(7-10(9)2)19-14-8-11(16)4-6-13(14)18-15(19)17/h3-8H,1-2H3,(H2,17,18). The Morgan fingerprint density at radius 3 is 2.58 bits per heavy atom. The molecule has 96 valence electrons. The molecule has 1 heterocycles. The number of halogens is 1. The molecule has 2 N–H and O–H groups in total. The van der Waals surface area contributed by atoms with E-state index >= 15 is 0 Å². The van der Waals surface area contributed by atoms with Crippen molar-refractivity contribution >= 4 is 32.9 Å². The third kappa shape index (κ3) is 2.02. The van der Waals surface area contributed by atoms with Crippen LogP contribution in [-0.4, -0.2) is 9.55 Å². The number of aromatic nitrogens is 2. The molecule has 0 unspecified atom stereocenters. The van der Waals surface area contributed by atoms with Gasteiger partial charge in [0, 0.05) is 10.2 Å². The van der Waals surface area contributed by atoms with Crippen LogP contribution in [0.5, 0.6) is 0 Å². The van der Waals surface area contributed by atoms with E-state index in [1.165, 1.54) is 11.1 Å². The van der Waals surface area contributed by atoms with Gasteiger partial charge in [0.2, 0.25) is 5.95 Å². The summed E-state index contributed by atoms with van der Waals surface area (Å²) >= 11 is 3.49. The third-order valence-electron chi connectivity index (χ3n) is 3.39. The molecule has 1 aromatic heterocycles. The second kappa shape index (κ2) is 4.38. The number of benzene rings is 2. The summed E-state index contributed by atoms with van der Waals surface area (Å²) in [5.41, 5.74) is 11.5. The Morgan fingerprint density at radius 2 is 1.84 bits per heavy atom. The highest BCUT2D eigenvalue weighted by atomic mass is 79.9. The zero-order valence-electron chi connectivity index (χ0n) is 10.8. The molecule has 0 radical (unpaired) electrons. The van der Waals surface area contributed by atoms with Crippen molar-refractivity contribution in [1.82, 2.24) is 9.55 Å². The molecule has 19 heavy (non-hydrogen) atoms. The maximum Gasteiger partial charge on any atom is 0.205 e. The van der Waals surface area contributed by atoms with Crippen LogP contribution >= 0.6 is 15.9 Å². The van der Waals surface area contributed by atoms with Crippen LogP contribution in [-0.2, 0) is 0 Å². The number of imidazole rings is 1. The molecule has 0 aliphatic rings. The van der Waals surface area contributed by atoms with E-state index in [0.29, 0.717) is 5.95 Å². The van der Waals surface area contributed by atoms with Gasteiger partial charge in [-0.25, -0.2) is 4.98 Å². The Morgan fingerprint density at radius 1 is 1.05 bits per heavy atom. The SMILES string of the molecule is Cc1ccc(-n2c(N)nc3ccc(Br)cc32)cc1C. The van der Waals surface area contributed by atoms with Gasteiger partial charge in [0.15, 0.2) is 0 Å². The zero-order valence-corrected chi connectivity index (χ0v) is 12.4. The molecular formula is C15H14BrN3. The smallest absolute Gasteiger partial charge is 0.205 e. The van der Waals surface area contributed by atoms with Crippen LogP contribution in [0.3, 0.4) is 0 Å². The number of nitrogens with zero attached hydrogens (tertiary/aromatic N) is 2. The third-order valence-corrected chi connectivity index (χ3v) is 3.88. The molecule has 0 saturated carbocycles. The average Bonchev–Trinajstić information content (AvgIpc) is 2.68. The molecule has 0 saturated heterocycles. The van der Waals surface area contributed by atoms with Crippen LogP contribution in [0.2, 0.25) is 0 Å². The van der Waals surface area contributed by atoms with Crippen molar-refractivity contribution in [3.63, 3.8) is 0 Å². The number of fused-ring (bicyclic) bond motifs is 1. The molecule has 0 amide bonds. The summed E-state index contributed by atoms with van der Waals surface area (Å²) in [6.07, 6.45) is 0. The molecular weight excluding hydrogens is 302 g/mol. The Hall–Kier alpha value is -1.81. The monoisotopic (exact) mass is 315 g/mol. The van der Waals surface area contributed by atoms with E-state index in [0.717, 1.165) is 21.2 Å². The van der Waals surface area contributed by atoms with E-state index in [-0.39, 0.29) is 0 Å². The predicted molar refractivity (Wildman–Crippen MR) is 82.7 cm³/mol. The van der Waals surface area contributed by atoms with E-state index in [9.17, 15) is 0 Å². The maximum absolute atomic E-state index is 6.06. The summed E-state index contributed by atoms with van der Waals surface area (Å²) in [6.45, 7) is 4.20. The van der Waals surface area contributed by atoms with E-state index < -0.39 is 0 Å². The maximum atomic E-state index is 6.06. The highest BCUT2D eigenvalue weighted by Gasteiger charge is 2.10. The fourth-order valence-corrected chi connectivity index (χ4v) is 2.55. The van der Waals surface area contributed by atoms with Gasteiger partial charge in [-0.05, 0) is 55.3 Å². The van der Waals surface area contributed by atoms with Gasteiger partial charge in [-0.1, -0.05) is 22.0 Å². The molecule has 3 nitrogen and oxygen atoms in total. The number of anilines is 1. The van der Waals surface area contributed by atoms with Crippen LogP contribution in [0, 0.1) is 13.8 Å². The Balaban J connectivity index is 2.31. The lowest BCUT2D eigenvalue weighted by atomic mass is 10.1. The van der Waals surface area contributed by atoms with Gasteiger partial charge in [-0.2, -0.15) is 0 Å². The highest BCUT2D eigenvalue weighted by Crippen LogP contribution is 2.26. The van der Waals surface area contributed by atoms with E-state index in [1.807, 2.05) is 22.8 Å². The first-order valence-electron chi connectivity index (χ1n) is 6.07. The number of nitrogen functional groups attached to an aromatic ring is 1. The van der Waals surface area contributed by atoms with Crippen molar-refractivity contribution in [1.29, 1.82) is 0 Å². The molecule has 0 aliphatic carbocycles. The van der Waals surface area contributed by atoms with Crippen LogP contribution in [0.25, 0.3) is 16.7 Å². The molecule has 3 aromatic rings. The Bertz CT molecular complexity index is 774. The number of hydrogen-bond donors (Lipinski definition) is 1. The normalized spacial score (nSPS) is 11.1. The number of aryl methyl sites for hydroxylation is 2. The van der Waals surface area contributed by atoms with Gasteiger partial charge in [0.05, 0.1) is 11.0 Å². The average molecular weight is 316 g/mol. The second-order valence-corrected chi connectivity index (χ2v) is 5.62. The van der Waals surface area contributed by atoms with Gasteiger partial charge in [-0.3, -0.25) is 4.57 Å². The summed E-state index contributed by atoms with van der Waals surface area (Å²) in [4.78, 5) is 4.40. The van der Waals surface area contributed by atoms with E-state index in [1.54, 1.807) is 0 Å². The van der Waals surface area contributed by atoms with Crippen molar-refractivity contribution < 1.29 is 0 Å². The van der Waals surface area contributed by atoms with Crippen molar-refractivity contribution in [2.45, 2.75) is 13.8 Å². The molecule has 0 fully saturated rings. The minimum absolute atomic E-state index is 0.511. The summed E-state index contributed by atoms with van der Waals surface area (Å²) < 4.78 is 3.00. The fourth-order valence-electron chi connectivity index (χ4n) is 2.20. The minimum atomic E-state index is 0.511. The number of nitrogens with two attached hydrogens (primary N) is 1. The van der Waals surface area contributed by atoms with Crippen LogP contribution < -0.4 is 5.73 Å². The lowest BCUT2D eigenvalue weighted by Crippen LogP contribution is -2.01. The zero-order chi connectivity index (χ0) is 13.6. The Kier molecular flexibility index (Phi) is 2.82. The largest absolute Gasteiger partial charge is 0.369 e. The van der Waals surface area contributed by atoms with Crippen LogP contribution in [0.15, 0.2) is 40.9 Å². The number of hydrogen-bond acceptors (Lipinski definition) is 2. The van der Waals surface area contributed by atoms with E-state index in [2.05, 4.69) is 53.0 Å². The van der Waals surface area contributed by atoms with Crippen molar-refractivity contribution in [3.05, 3.63) is 52.0 Å². The summed E-state index contributed by atoms with van der Waals surface area (Å²) in [6, 6.07) is 12.3. The fraction of sp³-hybridized carbons (Fsp3) is 0.133. The molecule has 0 spiro atoms. The second-order valence-electron chi connectivity index (χ2n) is 4.71. The summed E-state index contributed by atoms with van der Waals surface area (Å²) in [7, 11) is 0. The van der Waals surface area contributed by atoms with Gasteiger partial charge >= 0.3 is 0 Å². The molecule has 3 rings (SSSR count). The first kappa shape index (κ1) is 12.2. The molecule has 2 aromatic carbocycles. The molecule has 4 heteroatoms. The van der Waals surface area contributed by atoms with Gasteiger partial charge in [-0.15, -0.1) is 0 Å². The van der Waals surface area contributed by atoms with Crippen LogP contribution in [0.4, 0.5) is 5.95 Å². The van der Waals surface area contributed by atoms with Gasteiger partial charge in [0.25, 0.3) is 0 Å². The van der Waals surface area contributed by atoms with Crippen molar-refractivity contribution in [3.8, 4) is 5.69 Å². The highest BCUT2D eigenvalue weighted by molar-refractivity contribution is 9.10. The van der Waals surface area contributed by atoms with Crippen LogP contribution in [0.1, 0.15) is 11.1 Å². The van der Waals surface area contributed by atoms with Gasteiger partial charge < -0.3 is 5.73 Å². The molecule has 0 aliphatic heterocycles. The first-order valence-corrected chi connectivity index (χ1v) is 6.86. The molecule has 0 atom stereocenters.